The van der Waals surface area contributed by atoms with Gasteiger partial charge in [-0.05, 0) is 86.5 Å². The third-order valence-corrected chi connectivity index (χ3v) is 8.30. The predicted molar refractivity (Wildman–Crippen MR) is 158 cm³/mol. The Morgan fingerprint density at radius 1 is 0.977 bits per heavy atom. The smallest absolute Gasteiger partial charge is 0.475 e. The number of carboxylic acid groups (broad SMARTS) is 1. The van der Waals surface area contributed by atoms with E-state index in [-0.39, 0.29) is 0 Å². The lowest BCUT2D eigenvalue weighted by molar-refractivity contribution is -0.192. The largest absolute Gasteiger partial charge is 0.490 e. The van der Waals surface area contributed by atoms with Crippen LogP contribution in [-0.4, -0.2) is 91.2 Å². The van der Waals surface area contributed by atoms with Gasteiger partial charge >= 0.3 is 24.0 Å². The molecule has 0 bridgehead atoms. The van der Waals surface area contributed by atoms with Crippen LogP contribution in [0.15, 0.2) is 48.5 Å². The van der Waals surface area contributed by atoms with Gasteiger partial charge in [0.1, 0.15) is 0 Å². The van der Waals surface area contributed by atoms with E-state index in [2.05, 4.69) is 63.8 Å². The number of hydrogen-bond donors (Lipinski definition) is 3. The molecule has 2 atom stereocenters. The fraction of sp³-hybridized carbons (Fsp3) is 0.516. The quantitative estimate of drug-likeness (QED) is 0.448. The molecular formula is C31H40F3N5O4. The molecule has 3 N–H and O–H groups in total. The van der Waals surface area contributed by atoms with Gasteiger partial charge in [0.15, 0.2) is 0 Å². The third kappa shape index (κ3) is 9.42. The Bertz CT molecular complexity index is 1240. The molecule has 9 nitrogen and oxygen atoms in total. The Hall–Kier alpha value is -3.64. The lowest BCUT2D eigenvalue weighted by Crippen LogP contribution is -2.46. The van der Waals surface area contributed by atoms with Gasteiger partial charge in [0.25, 0.3) is 0 Å². The van der Waals surface area contributed by atoms with E-state index in [1.165, 1.54) is 23.2 Å². The molecule has 0 aromatic heterocycles. The van der Waals surface area contributed by atoms with Crippen LogP contribution in [0.1, 0.15) is 30.4 Å². The SMILES string of the molecule is Cc1cccc(N2CCN(Cc3ccc(NC(=O)C(=O)N4CCCC(C5CCNC5)C4)cc3)CC2)c1.O=C(O)C(F)(F)F. The monoisotopic (exact) mass is 603 g/mol. The van der Waals surface area contributed by atoms with Crippen LogP contribution in [0.25, 0.3) is 0 Å². The molecule has 0 saturated carbocycles. The van der Waals surface area contributed by atoms with E-state index in [4.69, 9.17) is 9.90 Å². The molecular weight excluding hydrogens is 563 g/mol. The number of aliphatic carboxylic acids is 1. The molecule has 3 aliphatic rings. The number of benzene rings is 2. The van der Waals surface area contributed by atoms with Crippen LogP contribution < -0.4 is 15.5 Å². The highest BCUT2D eigenvalue weighted by molar-refractivity contribution is 6.39. The second-order valence-electron chi connectivity index (χ2n) is 11.5. The summed E-state index contributed by atoms with van der Waals surface area (Å²) in [5.74, 6) is -2.56. The van der Waals surface area contributed by atoms with Crippen LogP contribution in [0.5, 0.6) is 0 Å². The van der Waals surface area contributed by atoms with Crippen molar-refractivity contribution in [2.24, 2.45) is 11.8 Å². The normalized spacial score (nSPS) is 21.1. The molecule has 0 aliphatic carbocycles. The number of nitrogens with zero attached hydrogens (tertiary/aromatic N) is 3. The van der Waals surface area contributed by atoms with Gasteiger partial charge in [-0.25, -0.2) is 4.79 Å². The van der Waals surface area contributed by atoms with Crippen molar-refractivity contribution in [2.75, 3.05) is 62.6 Å². The van der Waals surface area contributed by atoms with Crippen LogP contribution in [0.4, 0.5) is 24.5 Å². The van der Waals surface area contributed by atoms with Crippen molar-refractivity contribution in [3.8, 4) is 0 Å². The first-order valence-electron chi connectivity index (χ1n) is 14.7. The number of piperidine rings is 1. The molecule has 3 aliphatic heterocycles. The van der Waals surface area contributed by atoms with Crippen molar-refractivity contribution < 1.29 is 32.7 Å². The van der Waals surface area contributed by atoms with E-state index < -0.39 is 24.0 Å². The summed E-state index contributed by atoms with van der Waals surface area (Å²) in [7, 11) is 0. The number of halogens is 3. The number of carboxylic acids is 1. The fourth-order valence-electron chi connectivity index (χ4n) is 5.93. The number of amides is 2. The molecule has 12 heteroatoms. The van der Waals surface area contributed by atoms with E-state index in [0.29, 0.717) is 30.6 Å². The van der Waals surface area contributed by atoms with E-state index in [9.17, 15) is 22.8 Å². The number of hydrogen-bond acceptors (Lipinski definition) is 6. The zero-order chi connectivity index (χ0) is 31.0. The minimum absolute atomic E-state index is 0.402. The van der Waals surface area contributed by atoms with Crippen LogP contribution in [0.2, 0.25) is 0 Å². The number of alkyl halides is 3. The molecule has 2 aromatic carbocycles. The summed E-state index contributed by atoms with van der Waals surface area (Å²) >= 11 is 0. The summed E-state index contributed by atoms with van der Waals surface area (Å²) in [6.45, 7) is 10.6. The molecule has 2 unspecified atom stereocenters. The van der Waals surface area contributed by atoms with Crippen LogP contribution in [-0.2, 0) is 20.9 Å². The molecule has 0 radical (unpaired) electrons. The standard InChI is InChI=1S/C29H39N5O2.C2HF3O2/c1-22-4-2-6-27(18-22)33-16-14-32(15-17-33)20-23-7-9-26(10-8-23)31-28(35)29(36)34-13-3-5-25(21-34)24-11-12-30-19-24;3-2(4,5)1(6)7/h2,4,6-10,18,24-25,30H,3,5,11-17,19-21H2,1H3,(H,31,35);(H,6,7). The Balaban J connectivity index is 0.000000541. The van der Waals surface area contributed by atoms with Crippen LogP contribution in [0.3, 0.4) is 0 Å². The molecule has 2 amide bonds. The highest BCUT2D eigenvalue weighted by Crippen LogP contribution is 2.28. The molecule has 0 spiro atoms. The third-order valence-electron chi connectivity index (χ3n) is 8.30. The number of likely N-dealkylation sites (tertiary alicyclic amines) is 1. The zero-order valence-corrected chi connectivity index (χ0v) is 24.4. The number of rotatable bonds is 5. The lowest BCUT2D eigenvalue weighted by atomic mass is 9.85. The number of carbonyl (C=O) groups excluding carboxylic acids is 2. The second-order valence-corrected chi connectivity index (χ2v) is 11.5. The Morgan fingerprint density at radius 2 is 1.67 bits per heavy atom. The maximum atomic E-state index is 12.8. The molecule has 3 heterocycles. The summed E-state index contributed by atoms with van der Waals surface area (Å²) in [4.78, 5) is 41.1. The molecule has 234 valence electrons. The summed E-state index contributed by atoms with van der Waals surface area (Å²) in [5, 5.41) is 13.4. The second kappa shape index (κ2) is 14.7. The topological polar surface area (TPSA) is 105 Å². The maximum Gasteiger partial charge on any atom is 0.490 e. The van der Waals surface area contributed by atoms with E-state index >= 15 is 0 Å². The van der Waals surface area contributed by atoms with E-state index in [0.717, 1.165) is 58.7 Å². The summed E-state index contributed by atoms with van der Waals surface area (Å²) < 4.78 is 31.7. The lowest BCUT2D eigenvalue weighted by Gasteiger charge is -2.36. The van der Waals surface area contributed by atoms with Crippen molar-refractivity contribution >= 4 is 29.2 Å². The number of nitrogens with one attached hydrogen (secondary N) is 2. The Morgan fingerprint density at radius 3 is 2.28 bits per heavy atom. The van der Waals surface area contributed by atoms with Crippen molar-refractivity contribution in [1.82, 2.24) is 15.1 Å². The van der Waals surface area contributed by atoms with Gasteiger partial charge in [0.2, 0.25) is 0 Å². The van der Waals surface area contributed by atoms with Gasteiger partial charge in [-0.15, -0.1) is 0 Å². The number of piperazine rings is 1. The highest BCUT2D eigenvalue weighted by atomic mass is 19.4. The minimum Gasteiger partial charge on any atom is -0.475 e. The Labute approximate surface area is 250 Å². The van der Waals surface area contributed by atoms with E-state index in [1.54, 1.807) is 4.90 Å². The molecule has 43 heavy (non-hydrogen) atoms. The fourth-order valence-corrected chi connectivity index (χ4v) is 5.93. The summed E-state index contributed by atoms with van der Waals surface area (Å²) in [6, 6.07) is 16.6. The van der Waals surface area contributed by atoms with Crippen molar-refractivity contribution in [1.29, 1.82) is 0 Å². The molecule has 2 aromatic rings. The predicted octanol–water partition coefficient (Wildman–Crippen LogP) is 3.74. The Kier molecular flexibility index (Phi) is 11.0. The molecule has 5 rings (SSSR count). The number of carbonyl (C=O) groups is 3. The average molecular weight is 604 g/mol. The van der Waals surface area contributed by atoms with Gasteiger partial charge in [-0.3, -0.25) is 14.5 Å². The van der Waals surface area contributed by atoms with Crippen LogP contribution >= 0.6 is 0 Å². The van der Waals surface area contributed by atoms with Crippen molar-refractivity contribution in [3.05, 3.63) is 59.7 Å². The maximum absolute atomic E-state index is 12.8. The average Bonchev–Trinajstić information content (AvgIpc) is 3.53. The van der Waals surface area contributed by atoms with Crippen molar-refractivity contribution in [2.45, 2.75) is 38.9 Å². The van der Waals surface area contributed by atoms with Gasteiger partial charge in [-0.2, -0.15) is 13.2 Å². The van der Waals surface area contributed by atoms with Crippen LogP contribution in [0, 0.1) is 18.8 Å². The van der Waals surface area contributed by atoms with Gasteiger partial charge in [0.05, 0.1) is 0 Å². The molecule has 3 fully saturated rings. The minimum atomic E-state index is -5.08. The van der Waals surface area contributed by atoms with E-state index in [1.807, 2.05) is 12.1 Å². The highest BCUT2D eigenvalue weighted by Gasteiger charge is 2.38. The summed E-state index contributed by atoms with van der Waals surface area (Å²) in [6.07, 6.45) is -1.78. The first kappa shape index (κ1) is 32.3. The van der Waals surface area contributed by atoms with Gasteiger partial charge in [-0.1, -0.05) is 24.3 Å². The first-order valence-corrected chi connectivity index (χ1v) is 14.7. The van der Waals surface area contributed by atoms with Gasteiger partial charge < -0.3 is 25.5 Å². The number of aryl methyl sites for hydroxylation is 1. The van der Waals surface area contributed by atoms with Gasteiger partial charge in [0, 0.05) is 57.2 Å². The zero-order valence-electron chi connectivity index (χ0n) is 24.4. The number of anilines is 2. The molecule has 3 saturated heterocycles. The first-order chi connectivity index (χ1) is 20.5. The van der Waals surface area contributed by atoms with Crippen molar-refractivity contribution in [3.63, 3.8) is 0 Å². The summed E-state index contributed by atoms with van der Waals surface area (Å²) in [5.41, 5.74) is 4.49.